The number of hydrogen-bond acceptors (Lipinski definition) is 3. The topological polar surface area (TPSA) is 91.5 Å². The van der Waals surface area contributed by atoms with Gasteiger partial charge in [-0.2, -0.15) is 0 Å². The molecule has 0 saturated heterocycles. The van der Waals surface area contributed by atoms with Crippen LogP contribution in [0.5, 0.6) is 0 Å². The van der Waals surface area contributed by atoms with E-state index in [1.54, 1.807) is 36.7 Å². The Morgan fingerprint density at radius 2 is 1.59 bits per heavy atom. The molecule has 2 aromatic carbocycles. The van der Waals surface area contributed by atoms with Gasteiger partial charge in [-0.05, 0) is 36.8 Å². The highest BCUT2D eigenvalue weighted by Gasteiger charge is 2.09. The average Bonchev–Trinajstić information content (AvgIpc) is 2.69. The summed E-state index contributed by atoms with van der Waals surface area (Å²) < 4.78 is 28.6. The van der Waals surface area contributed by atoms with Gasteiger partial charge in [0.15, 0.2) is 12.4 Å². The zero-order valence-corrected chi connectivity index (χ0v) is 15.5. The third-order valence-electron chi connectivity index (χ3n) is 3.91. The van der Waals surface area contributed by atoms with Crippen molar-refractivity contribution in [1.82, 2.24) is 5.32 Å². The summed E-state index contributed by atoms with van der Waals surface area (Å²) in [5.74, 6) is -0.276. The summed E-state index contributed by atoms with van der Waals surface area (Å²) in [6.07, 6.45) is 3.55. The Morgan fingerprint density at radius 1 is 0.963 bits per heavy atom. The van der Waals surface area contributed by atoms with Gasteiger partial charge in [-0.25, -0.2) is 13.4 Å². The molecule has 0 aliphatic rings. The number of nitrogens with zero attached hydrogens (tertiary/aromatic N) is 1. The Hall–Kier alpha value is -3.19. The van der Waals surface area contributed by atoms with E-state index in [9.17, 15) is 13.2 Å². The number of pyridine rings is 1. The van der Waals surface area contributed by atoms with Crippen LogP contribution in [0.25, 0.3) is 4.72 Å². The van der Waals surface area contributed by atoms with Gasteiger partial charge in [0.1, 0.15) is 10.0 Å². The highest BCUT2D eigenvalue weighted by atomic mass is 32.2. The lowest BCUT2D eigenvalue weighted by atomic mass is 10.2. The molecule has 1 amide bonds. The Labute approximate surface area is 158 Å². The lowest BCUT2D eigenvalue weighted by molar-refractivity contribution is -0.378. The summed E-state index contributed by atoms with van der Waals surface area (Å²) in [6, 6.07) is 16.4. The Morgan fingerprint density at radius 3 is 2.22 bits per heavy atom. The van der Waals surface area contributed by atoms with Gasteiger partial charge in [0.2, 0.25) is 0 Å². The van der Waals surface area contributed by atoms with Gasteiger partial charge in [-0.1, -0.05) is 29.8 Å². The van der Waals surface area contributed by atoms with Crippen LogP contribution in [0.4, 0.5) is 5.69 Å². The number of aromatic nitrogens is 1. The van der Waals surface area contributed by atoms with E-state index in [-0.39, 0.29) is 10.8 Å². The number of aromatic amines is 1. The molecule has 27 heavy (non-hydrogen) atoms. The molecule has 2 N–H and O–H groups in total. The summed E-state index contributed by atoms with van der Waals surface area (Å²) in [5, 5.41) is 2.79. The molecule has 0 spiro atoms. The van der Waals surface area contributed by atoms with Crippen LogP contribution in [0.15, 0.2) is 78.0 Å². The smallest absolute Gasteiger partial charge is 0.251 e. The molecule has 0 unspecified atom stereocenters. The first-order valence-electron chi connectivity index (χ1n) is 8.32. The lowest BCUT2D eigenvalue weighted by Gasteiger charge is -2.22. The molecular formula is C20H19N3O3S. The van der Waals surface area contributed by atoms with Gasteiger partial charge in [0.05, 0.1) is 4.90 Å². The maximum Gasteiger partial charge on any atom is 0.251 e. The molecule has 3 aromatic rings. The second-order valence-corrected chi connectivity index (χ2v) is 7.62. The number of H-pyrrole nitrogens is 1. The fraction of sp³-hybridized carbons (Fsp3) is 0.100. The van der Waals surface area contributed by atoms with Gasteiger partial charge >= 0.3 is 0 Å². The largest absolute Gasteiger partial charge is 0.573 e. The van der Waals surface area contributed by atoms with E-state index >= 15 is 0 Å². The molecule has 0 fully saturated rings. The number of carbonyl (C=O) groups is 1. The van der Waals surface area contributed by atoms with Crippen LogP contribution in [-0.4, -0.2) is 14.3 Å². The van der Waals surface area contributed by atoms with Crippen molar-refractivity contribution in [2.45, 2.75) is 18.4 Å². The fourth-order valence-corrected chi connectivity index (χ4v) is 3.38. The highest BCUT2D eigenvalue weighted by Crippen LogP contribution is 2.27. The summed E-state index contributed by atoms with van der Waals surface area (Å²) in [5.41, 5.74) is 2.72. The van der Waals surface area contributed by atoms with Crippen molar-refractivity contribution in [3.63, 3.8) is 0 Å². The molecule has 3 rings (SSSR count). The molecule has 0 saturated carbocycles. The minimum atomic E-state index is -3.83. The second kappa shape index (κ2) is 8.01. The van der Waals surface area contributed by atoms with E-state index in [4.69, 9.17) is 0 Å². The second-order valence-electron chi connectivity index (χ2n) is 6.02. The van der Waals surface area contributed by atoms with E-state index in [1.165, 1.54) is 24.3 Å². The van der Waals surface area contributed by atoms with Gasteiger partial charge in [-0.15, -0.1) is 5.69 Å². The Bertz CT molecular complexity index is 1020. The number of aryl methyl sites for hydroxylation is 1. The number of sulfonamides is 1. The first-order valence-corrected chi connectivity index (χ1v) is 9.76. The van der Waals surface area contributed by atoms with Crippen molar-refractivity contribution in [1.29, 1.82) is 0 Å². The number of rotatable bonds is 6. The Balaban J connectivity index is 1.66. The minimum absolute atomic E-state index is 0.0400. The number of hydrogen-bond donors (Lipinski definition) is 1. The minimum Gasteiger partial charge on any atom is -0.573 e. The molecule has 0 radical (unpaired) electrons. The molecule has 138 valence electrons. The summed E-state index contributed by atoms with van der Waals surface area (Å²) >= 11 is 0. The third-order valence-corrected chi connectivity index (χ3v) is 5.23. The van der Waals surface area contributed by atoms with Crippen LogP contribution < -0.4 is 10.3 Å². The van der Waals surface area contributed by atoms with Gasteiger partial charge in [0.25, 0.3) is 5.91 Å². The zero-order chi connectivity index (χ0) is 19.3. The van der Waals surface area contributed by atoms with Gasteiger partial charge in [0, 0.05) is 24.2 Å². The molecule has 6 nitrogen and oxygen atoms in total. The van der Waals surface area contributed by atoms with Crippen molar-refractivity contribution in [3.8, 4) is 0 Å². The Kier molecular flexibility index (Phi) is 5.52. The van der Waals surface area contributed by atoms with Crippen LogP contribution in [0.3, 0.4) is 0 Å². The SMILES string of the molecule is Cc1ccc([N-]S(=O)(=O)c2ccc(C(=O)NCc3cc[nH+]cc3)cc2)cc1. The summed E-state index contributed by atoms with van der Waals surface area (Å²) in [4.78, 5) is 15.2. The predicted molar refractivity (Wildman–Crippen MR) is 102 cm³/mol. The molecule has 1 heterocycles. The quantitative estimate of drug-likeness (QED) is 0.711. The zero-order valence-electron chi connectivity index (χ0n) is 14.7. The van der Waals surface area contributed by atoms with Crippen LogP contribution in [-0.2, 0) is 16.6 Å². The lowest BCUT2D eigenvalue weighted by Crippen LogP contribution is -2.23. The molecule has 0 bridgehead atoms. The van der Waals surface area contributed by atoms with E-state index < -0.39 is 10.0 Å². The molecule has 1 aromatic heterocycles. The fourth-order valence-electron chi connectivity index (χ4n) is 2.40. The molecular weight excluding hydrogens is 362 g/mol. The van der Waals surface area contributed by atoms with E-state index in [0.717, 1.165) is 11.1 Å². The number of benzene rings is 2. The number of amides is 1. The van der Waals surface area contributed by atoms with Crippen molar-refractivity contribution in [2.75, 3.05) is 0 Å². The standard InChI is InChI=1S/C20H18N3O3S/c1-15-2-6-18(7-3-15)23-27(25,26)19-8-4-17(5-9-19)20(24)22-14-16-10-12-21-13-11-16/h2-13H,14H2,1H3,(H,22,24)/q-1/p+1. The first-order chi connectivity index (χ1) is 12.9. The summed E-state index contributed by atoms with van der Waals surface area (Å²) in [6.45, 7) is 2.30. The molecule has 0 aliphatic heterocycles. The monoisotopic (exact) mass is 381 g/mol. The van der Waals surface area contributed by atoms with Crippen LogP contribution >= 0.6 is 0 Å². The van der Waals surface area contributed by atoms with Crippen molar-refractivity contribution in [3.05, 3.63) is 94.5 Å². The van der Waals surface area contributed by atoms with Crippen LogP contribution in [0.2, 0.25) is 0 Å². The third kappa shape index (κ3) is 4.92. The molecule has 7 heteroatoms. The van der Waals surface area contributed by atoms with Crippen molar-refractivity contribution < 1.29 is 18.2 Å². The molecule has 0 aliphatic carbocycles. The first kappa shape index (κ1) is 18.6. The van der Waals surface area contributed by atoms with Crippen molar-refractivity contribution in [2.24, 2.45) is 0 Å². The highest BCUT2D eigenvalue weighted by molar-refractivity contribution is 7.94. The number of nitrogens with one attached hydrogen (secondary N) is 2. The van der Waals surface area contributed by atoms with Crippen molar-refractivity contribution >= 4 is 21.6 Å². The normalized spacial score (nSPS) is 11.0. The van der Waals surface area contributed by atoms with E-state index in [0.29, 0.717) is 17.8 Å². The van der Waals surface area contributed by atoms with Gasteiger partial charge < -0.3 is 10.0 Å². The van der Waals surface area contributed by atoms with Crippen LogP contribution in [0.1, 0.15) is 21.5 Å². The van der Waals surface area contributed by atoms with E-state index in [2.05, 4.69) is 15.0 Å². The number of carbonyl (C=O) groups excluding carboxylic acids is 1. The summed E-state index contributed by atoms with van der Waals surface area (Å²) in [7, 11) is -3.83. The van der Waals surface area contributed by atoms with E-state index in [1.807, 2.05) is 19.1 Å². The maximum absolute atomic E-state index is 12.4. The maximum atomic E-state index is 12.4. The molecule has 0 atom stereocenters. The predicted octanol–water partition coefficient (Wildman–Crippen LogP) is 3.13. The van der Waals surface area contributed by atoms with Crippen LogP contribution in [0, 0.1) is 6.92 Å². The van der Waals surface area contributed by atoms with Gasteiger partial charge in [-0.3, -0.25) is 4.79 Å². The average molecular weight is 381 g/mol.